The van der Waals surface area contributed by atoms with Crippen LogP contribution in [0.25, 0.3) is 0 Å². The Kier molecular flexibility index (Phi) is 11.9. The molecular formula is C34H50FN7O4. The number of piperazine rings is 1. The fourth-order valence-corrected chi connectivity index (χ4v) is 6.60. The van der Waals surface area contributed by atoms with Crippen LogP contribution in [0, 0.1) is 17.7 Å². The maximum atomic E-state index is 15.6. The second kappa shape index (κ2) is 15.7. The van der Waals surface area contributed by atoms with E-state index in [2.05, 4.69) is 46.7 Å². The van der Waals surface area contributed by atoms with Crippen molar-refractivity contribution in [2.75, 3.05) is 31.5 Å². The van der Waals surface area contributed by atoms with Crippen LogP contribution in [0.15, 0.2) is 30.5 Å². The zero-order valence-electron chi connectivity index (χ0n) is 28.0. The van der Waals surface area contributed by atoms with Crippen molar-refractivity contribution in [3.63, 3.8) is 0 Å². The molecule has 4 amide bonds. The van der Waals surface area contributed by atoms with E-state index in [4.69, 9.17) is 0 Å². The Hall–Kier alpha value is -3.80. The van der Waals surface area contributed by atoms with Gasteiger partial charge in [-0.2, -0.15) is 5.10 Å². The third-order valence-corrected chi connectivity index (χ3v) is 9.61. The van der Waals surface area contributed by atoms with E-state index in [-0.39, 0.29) is 23.4 Å². The molecule has 4 rings (SSSR count). The fraction of sp³-hybridized carbons (Fsp3) is 0.618. The number of halogens is 1. The molecule has 1 saturated heterocycles. The van der Waals surface area contributed by atoms with E-state index >= 15 is 4.39 Å². The third kappa shape index (κ3) is 8.51. The number of rotatable bonds is 11. The summed E-state index contributed by atoms with van der Waals surface area (Å²) in [4.78, 5) is 56.6. The Morgan fingerprint density at radius 1 is 0.978 bits per heavy atom. The van der Waals surface area contributed by atoms with Crippen molar-refractivity contribution in [2.24, 2.45) is 11.8 Å². The Morgan fingerprint density at radius 3 is 2.24 bits per heavy atom. The molecule has 12 heteroatoms. The van der Waals surface area contributed by atoms with Gasteiger partial charge in [0.05, 0.1) is 5.69 Å². The first-order valence-electron chi connectivity index (χ1n) is 16.6. The first-order chi connectivity index (χ1) is 21.9. The standard InChI is InChI=1S/C34H50FN7O4/c1-7-42-29(14-15-36-42)32(44)39-31(25-10-8-22(4)9-11-25)33(45)38-28-13-12-26(20-27(28)35)23(5)30(37-24(6)43)34(46)41-18-16-40(17-19-41)21(2)3/h12-15,20-23,25,30-31H,7-11,16-19H2,1-6H3,(H,37,43)(H,38,45)(H,39,44)/t22-,23-,25-,30?,31-/m0/s1. The summed E-state index contributed by atoms with van der Waals surface area (Å²) >= 11 is 0. The smallest absolute Gasteiger partial charge is 0.270 e. The lowest BCUT2D eigenvalue weighted by molar-refractivity contribution is -0.138. The van der Waals surface area contributed by atoms with Crippen LogP contribution in [0.5, 0.6) is 0 Å². The van der Waals surface area contributed by atoms with Crippen LogP contribution in [0.3, 0.4) is 0 Å². The first kappa shape index (κ1) is 35.1. The molecule has 0 radical (unpaired) electrons. The number of carbonyl (C=O) groups excluding carboxylic acids is 4. The summed E-state index contributed by atoms with van der Waals surface area (Å²) in [5.74, 6) is -2.17. The van der Waals surface area contributed by atoms with Gasteiger partial charge in [-0.1, -0.05) is 32.8 Å². The number of nitrogens with one attached hydrogen (secondary N) is 3. The van der Waals surface area contributed by atoms with Gasteiger partial charge in [0, 0.05) is 57.8 Å². The summed E-state index contributed by atoms with van der Waals surface area (Å²) in [6.07, 6.45) is 4.98. The Balaban J connectivity index is 1.49. The van der Waals surface area contributed by atoms with Gasteiger partial charge in [-0.05, 0) is 69.2 Å². The third-order valence-electron chi connectivity index (χ3n) is 9.61. The average molecular weight is 640 g/mol. The van der Waals surface area contributed by atoms with Crippen molar-refractivity contribution < 1.29 is 23.6 Å². The highest BCUT2D eigenvalue weighted by Gasteiger charge is 2.35. The molecule has 3 atom stereocenters. The minimum absolute atomic E-state index is 0.0183. The molecule has 11 nitrogen and oxygen atoms in total. The highest BCUT2D eigenvalue weighted by atomic mass is 19.1. The topological polar surface area (TPSA) is 129 Å². The van der Waals surface area contributed by atoms with Gasteiger partial charge in [0.15, 0.2) is 0 Å². The van der Waals surface area contributed by atoms with Crippen LogP contribution in [-0.2, 0) is 20.9 Å². The molecule has 2 aromatic rings. The molecule has 2 aliphatic rings. The van der Waals surface area contributed by atoms with Gasteiger partial charge in [0.1, 0.15) is 23.6 Å². The molecule has 1 aliphatic heterocycles. The summed E-state index contributed by atoms with van der Waals surface area (Å²) in [7, 11) is 0. The van der Waals surface area contributed by atoms with E-state index in [9.17, 15) is 19.2 Å². The second-order valence-corrected chi connectivity index (χ2v) is 13.2. The van der Waals surface area contributed by atoms with Crippen LogP contribution in [-0.4, -0.2) is 87.5 Å². The first-order valence-corrected chi connectivity index (χ1v) is 16.6. The quantitative estimate of drug-likeness (QED) is 0.344. The molecule has 252 valence electrons. The molecule has 2 heterocycles. The molecule has 1 saturated carbocycles. The van der Waals surface area contributed by atoms with E-state index in [1.807, 2.05) is 6.92 Å². The van der Waals surface area contributed by atoms with E-state index in [0.29, 0.717) is 42.9 Å². The van der Waals surface area contributed by atoms with E-state index < -0.39 is 35.6 Å². The summed E-state index contributed by atoms with van der Waals surface area (Å²) in [6.45, 7) is 14.6. The number of hydrogen-bond acceptors (Lipinski definition) is 6. The van der Waals surface area contributed by atoms with Gasteiger partial charge in [-0.15, -0.1) is 0 Å². The van der Waals surface area contributed by atoms with Crippen LogP contribution < -0.4 is 16.0 Å². The van der Waals surface area contributed by atoms with Crippen LogP contribution in [0.2, 0.25) is 0 Å². The summed E-state index contributed by atoms with van der Waals surface area (Å²) in [6, 6.07) is 4.72. The molecule has 1 unspecified atom stereocenters. The highest BCUT2D eigenvalue weighted by molar-refractivity contribution is 6.00. The minimum atomic E-state index is -0.868. The van der Waals surface area contributed by atoms with E-state index in [1.165, 1.54) is 19.1 Å². The average Bonchev–Trinajstić information content (AvgIpc) is 3.52. The van der Waals surface area contributed by atoms with Gasteiger partial charge >= 0.3 is 0 Å². The maximum absolute atomic E-state index is 15.6. The predicted molar refractivity (Wildman–Crippen MR) is 175 cm³/mol. The van der Waals surface area contributed by atoms with Crippen molar-refractivity contribution >= 4 is 29.3 Å². The van der Waals surface area contributed by atoms with Gasteiger partial charge in [0.2, 0.25) is 17.7 Å². The number of carbonyl (C=O) groups is 4. The Labute approximate surface area is 271 Å². The van der Waals surface area contributed by atoms with Gasteiger partial charge in [0.25, 0.3) is 5.91 Å². The van der Waals surface area contributed by atoms with Gasteiger partial charge < -0.3 is 20.9 Å². The largest absolute Gasteiger partial charge is 0.344 e. The molecule has 46 heavy (non-hydrogen) atoms. The van der Waals surface area contributed by atoms with Crippen molar-refractivity contribution in [3.05, 3.63) is 47.5 Å². The normalized spacial score (nSPS) is 20.9. The monoisotopic (exact) mass is 639 g/mol. The zero-order chi connectivity index (χ0) is 33.5. The molecule has 1 aromatic heterocycles. The lowest BCUT2D eigenvalue weighted by Gasteiger charge is -2.39. The number of nitrogens with zero attached hydrogens (tertiary/aromatic N) is 4. The van der Waals surface area contributed by atoms with E-state index in [0.717, 1.165) is 38.8 Å². The zero-order valence-corrected chi connectivity index (χ0v) is 28.0. The van der Waals surface area contributed by atoms with Crippen molar-refractivity contribution in [3.8, 4) is 0 Å². The second-order valence-electron chi connectivity index (χ2n) is 13.2. The molecule has 0 spiro atoms. The maximum Gasteiger partial charge on any atom is 0.270 e. The minimum Gasteiger partial charge on any atom is -0.344 e. The van der Waals surface area contributed by atoms with Crippen LogP contribution in [0.4, 0.5) is 10.1 Å². The predicted octanol–water partition coefficient (Wildman–Crippen LogP) is 3.77. The fourth-order valence-electron chi connectivity index (χ4n) is 6.60. The van der Waals surface area contributed by atoms with Crippen molar-refractivity contribution in [2.45, 2.75) is 97.8 Å². The lowest BCUT2D eigenvalue weighted by Crippen LogP contribution is -2.56. The molecular weight excluding hydrogens is 589 g/mol. The Bertz CT molecular complexity index is 1380. The Morgan fingerprint density at radius 2 is 1.65 bits per heavy atom. The summed E-state index contributed by atoms with van der Waals surface area (Å²) in [5, 5.41) is 12.6. The van der Waals surface area contributed by atoms with Crippen LogP contribution in [0.1, 0.15) is 89.2 Å². The number of aryl methyl sites for hydroxylation is 1. The number of benzene rings is 1. The number of aromatic nitrogens is 2. The summed E-state index contributed by atoms with van der Waals surface area (Å²) in [5.41, 5.74) is 0.858. The molecule has 1 aromatic carbocycles. The van der Waals surface area contributed by atoms with Gasteiger partial charge in [-0.3, -0.25) is 28.8 Å². The van der Waals surface area contributed by atoms with Gasteiger partial charge in [-0.25, -0.2) is 4.39 Å². The number of hydrogen-bond donors (Lipinski definition) is 3. The SMILES string of the molecule is CCn1nccc1C(=O)N[C@H](C(=O)Nc1ccc([C@H](C)C(NC(C)=O)C(=O)N2CCN(C(C)C)CC2)cc1F)[C@H]1CC[C@H](C)CC1. The number of amides is 4. The lowest BCUT2D eigenvalue weighted by atomic mass is 9.79. The molecule has 2 fully saturated rings. The van der Waals surface area contributed by atoms with Crippen LogP contribution >= 0.6 is 0 Å². The van der Waals surface area contributed by atoms with Crippen molar-refractivity contribution in [1.29, 1.82) is 0 Å². The summed E-state index contributed by atoms with van der Waals surface area (Å²) < 4.78 is 17.2. The molecule has 3 N–H and O–H groups in total. The highest BCUT2D eigenvalue weighted by Crippen LogP contribution is 2.32. The molecule has 1 aliphatic carbocycles. The number of anilines is 1. The van der Waals surface area contributed by atoms with E-state index in [1.54, 1.807) is 34.8 Å². The van der Waals surface area contributed by atoms with Crippen molar-refractivity contribution in [1.82, 2.24) is 30.2 Å². The molecule has 0 bridgehead atoms.